The fourth-order valence-electron chi connectivity index (χ4n) is 3.61. The fourth-order valence-corrected chi connectivity index (χ4v) is 3.61. The standard InChI is InChI=1S/C25H42O4/c1-2-3-16-23(26)17-12-13-19-24(29-21-22-14-8-7-9-15-22)18-10-5-4-6-11-20-25(27)28/h7-9,14-15,23-24,26H,2-6,10-13,16-21H2,1H3,(H,27,28). The van der Waals surface area contributed by atoms with E-state index in [2.05, 4.69) is 19.1 Å². The Morgan fingerprint density at radius 1 is 0.862 bits per heavy atom. The van der Waals surface area contributed by atoms with Crippen molar-refractivity contribution < 1.29 is 19.7 Å². The molecule has 0 amide bonds. The fraction of sp³-hybridized carbons (Fsp3) is 0.720. The number of unbranched alkanes of at least 4 members (excludes halogenated alkanes) is 6. The van der Waals surface area contributed by atoms with Crippen molar-refractivity contribution in [3.63, 3.8) is 0 Å². The summed E-state index contributed by atoms with van der Waals surface area (Å²) >= 11 is 0. The predicted molar refractivity (Wildman–Crippen MR) is 119 cm³/mol. The van der Waals surface area contributed by atoms with Crippen LogP contribution in [0.15, 0.2) is 30.3 Å². The molecule has 0 aliphatic heterocycles. The van der Waals surface area contributed by atoms with Gasteiger partial charge in [-0.2, -0.15) is 0 Å². The molecule has 2 N–H and O–H groups in total. The number of hydrogen-bond acceptors (Lipinski definition) is 3. The zero-order valence-corrected chi connectivity index (χ0v) is 18.4. The van der Waals surface area contributed by atoms with Gasteiger partial charge in [-0.15, -0.1) is 0 Å². The Morgan fingerprint density at radius 2 is 1.45 bits per heavy atom. The van der Waals surface area contributed by atoms with Crippen LogP contribution in [0.5, 0.6) is 0 Å². The Balaban J connectivity index is 2.26. The molecule has 29 heavy (non-hydrogen) atoms. The number of carboxylic acids is 1. The lowest BCUT2D eigenvalue weighted by atomic mass is 10.0. The zero-order valence-electron chi connectivity index (χ0n) is 18.4. The summed E-state index contributed by atoms with van der Waals surface area (Å²) in [7, 11) is 0. The van der Waals surface area contributed by atoms with E-state index in [1.54, 1.807) is 0 Å². The summed E-state index contributed by atoms with van der Waals surface area (Å²) < 4.78 is 6.22. The molecule has 1 aromatic carbocycles. The molecule has 2 unspecified atom stereocenters. The number of ether oxygens (including phenoxy) is 1. The highest BCUT2D eigenvalue weighted by atomic mass is 16.5. The Morgan fingerprint density at radius 3 is 2.14 bits per heavy atom. The lowest BCUT2D eigenvalue weighted by Crippen LogP contribution is -2.14. The minimum absolute atomic E-state index is 0.149. The first-order chi connectivity index (χ1) is 14.1. The van der Waals surface area contributed by atoms with Gasteiger partial charge in [0.25, 0.3) is 0 Å². The number of carboxylic acid groups (broad SMARTS) is 1. The van der Waals surface area contributed by atoms with Crippen LogP contribution in [0, 0.1) is 0 Å². The van der Waals surface area contributed by atoms with Crippen molar-refractivity contribution in [2.24, 2.45) is 0 Å². The normalized spacial score (nSPS) is 13.3. The largest absolute Gasteiger partial charge is 0.481 e. The number of carbonyl (C=O) groups is 1. The maximum atomic E-state index is 10.6. The molecular formula is C25H42O4. The van der Waals surface area contributed by atoms with E-state index >= 15 is 0 Å². The van der Waals surface area contributed by atoms with Gasteiger partial charge in [0, 0.05) is 6.42 Å². The second kappa shape index (κ2) is 17.5. The Bertz CT molecular complexity index is 503. The summed E-state index contributed by atoms with van der Waals surface area (Å²) in [5.41, 5.74) is 1.21. The lowest BCUT2D eigenvalue weighted by Gasteiger charge is -2.19. The minimum Gasteiger partial charge on any atom is -0.481 e. The highest BCUT2D eigenvalue weighted by Crippen LogP contribution is 2.18. The Hall–Kier alpha value is -1.39. The molecule has 0 saturated carbocycles. The number of aliphatic hydroxyl groups excluding tert-OH is 1. The average Bonchev–Trinajstić information content (AvgIpc) is 2.72. The maximum absolute atomic E-state index is 10.6. The van der Waals surface area contributed by atoms with Crippen LogP contribution in [-0.4, -0.2) is 28.4 Å². The second-order valence-electron chi connectivity index (χ2n) is 8.20. The molecule has 0 heterocycles. The van der Waals surface area contributed by atoms with Crippen LogP contribution in [0.3, 0.4) is 0 Å². The first kappa shape index (κ1) is 25.6. The van der Waals surface area contributed by atoms with Gasteiger partial charge in [0.2, 0.25) is 0 Å². The highest BCUT2D eigenvalue weighted by molar-refractivity contribution is 5.66. The Kier molecular flexibility index (Phi) is 15.4. The molecule has 0 aliphatic rings. The molecule has 0 saturated heterocycles. The molecule has 166 valence electrons. The summed E-state index contributed by atoms with van der Waals surface area (Å²) in [6.45, 7) is 2.82. The van der Waals surface area contributed by atoms with E-state index < -0.39 is 5.97 Å². The van der Waals surface area contributed by atoms with Gasteiger partial charge in [-0.1, -0.05) is 88.6 Å². The first-order valence-electron chi connectivity index (χ1n) is 11.7. The van der Waals surface area contributed by atoms with E-state index in [0.29, 0.717) is 6.61 Å². The highest BCUT2D eigenvalue weighted by Gasteiger charge is 2.11. The molecule has 0 fully saturated rings. The van der Waals surface area contributed by atoms with Crippen LogP contribution in [0.25, 0.3) is 0 Å². The number of aliphatic hydroxyl groups is 1. The Labute approximate surface area is 177 Å². The van der Waals surface area contributed by atoms with E-state index in [4.69, 9.17) is 9.84 Å². The molecule has 4 nitrogen and oxygen atoms in total. The third kappa shape index (κ3) is 15.2. The van der Waals surface area contributed by atoms with Gasteiger partial charge in [0.1, 0.15) is 0 Å². The summed E-state index contributed by atoms with van der Waals surface area (Å²) in [5, 5.41) is 18.7. The number of benzene rings is 1. The van der Waals surface area contributed by atoms with E-state index in [1.165, 1.54) is 5.56 Å². The van der Waals surface area contributed by atoms with Crippen LogP contribution in [-0.2, 0) is 16.1 Å². The molecule has 0 aromatic heterocycles. The second-order valence-corrected chi connectivity index (χ2v) is 8.20. The maximum Gasteiger partial charge on any atom is 0.303 e. The summed E-state index contributed by atoms with van der Waals surface area (Å²) in [6.07, 6.45) is 13.9. The number of aliphatic carboxylic acids is 1. The van der Waals surface area contributed by atoms with Gasteiger partial charge in [0.05, 0.1) is 18.8 Å². The van der Waals surface area contributed by atoms with Crippen LogP contribution in [0.4, 0.5) is 0 Å². The van der Waals surface area contributed by atoms with Crippen molar-refractivity contribution in [2.75, 3.05) is 0 Å². The molecule has 2 atom stereocenters. The molecule has 0 bridgehead atoms. The minimum atomic E-state index is -0.695. The molecule has 0 spiro atoms. The molecule has 0 aliphatic carbocycles. The van der Waals surface area contributed by atoms with Crippen LogP contribution in [0.1, 0.15) is 102 Å². The van der Waals surface area contributed by atoms with Crippen molar-refractivity contribution in [1.82, 2.24) is 0 Å². The van der Waals surface area contributed by atoms with Gasteiger partial charge in [0.15, 0.2) is 0 Å². The van der Waals surface area contributed by atoms with Crippen molar-refractivity contribution in [3.8, 4) is 0 Å². The quantitative estimate of drug-likeness (QED) is 0.257. The number of rotatable bonds is 19. The van der Waals surface area contributed by atoms with E-state index in [-0.39, 0.29) is 18.6 Å². The van der Waals surface area contributed by atoms with Gasteiger partial charge in [-0.25, -0.2) is 0 Å². The smallest absolute Gasteiger partial charge is 0.303 e. The molecule has 4 heteroatoms. The van der Waals surface area contributed by atoms with E-state index in [9.17, 15) is 9.90 Å². The van der Waals surface area contributed by atoms with Crippen molar-refractivity contribution in [1.29, 1.82) is 0 Å². The molecule has 0 radical (unpaired) electrons. The average molecular weight is 407 g/mol. The topological polar surface area (TPSA) is 66.8 Å². The monoisotopic (exact) mass is 406 g/mol. The van der Waals surface area contributed by atoms with Crippen molar-refractivity contribution in [3.05, 3.63) is 35.9 Å². The van der Waals surface area contributed by atoms with Crippen LogP contribution >= 0.6 is 0 Å². The lowest BCUT2D eigenvalue weighted by molar-refractivity contribution is -0.137. The van der Waals surface area contributed by atoms with Gasteiger partial charge in [-0.3, -0.25) is 4.79 Å². The van der Waals surface area contributed by atoms with Crippen molar-refractivity contribution in [2.45, 2.75) is 116 Å². The molecular weight excluding hydrogens is 364 g/mol. The van der Waals surface area contributed by atoms with E-state index in [0.717, 1.165) is 83.5 Å². The summed E-state index contributed by atoms with van der Waals surface area (Å²) in [4.78, 5) is 10.6. The third-order valence-electron chi connectivity index (χ3n) is 5.45. The van der Waals surface area contributed by atoms with Crippen LogP contribution < -0.4 is 0 Å². The van der Waals surface area contributed by atoms with Gasteiger partial charge >= 0.3 is 5.97 Å². The number of hydrogen-bond donors (Lipinski definition) is 2. The van der Waals surface area contributed by atoms with E-state index in [1.807, 2.05) is 18.2 Å². The molecule has 1 aromatic rings. The summed E-state index contributed by atoms with van der Waals surface area (Å²) in [5.74, 6) is -0.695. The third-order valence-corrected chi connectivity index (χ3v) is 5.45. The molecule has 1 rings (SSSR count). The van der Waals surface area contributed by atoms with Crippen molar-refractivity contribution >= 4 is 5.97 Å². The predicted octanol–water partition coefficient (Wildman–Crippen LogP) is 6.50. The summed E-state index contributed by atoms with van der Waals surface area (Å²) in [6, 6.07) is 10.3. The van der Waals surface area contributed by atoms with Gasteiger partial charge in [-0.05, 0) is 37.7 Å². The SMILES string of the molecule is CCCCC(O)CCCCC(CCCCCCCC(=O)O)OCc1ccccc1. The first-order valence-corrected chi connectivity index (χ1v) is 11.7. The zero-order chi connectivity index (χ0) is 21.2. The van der Waals surface area contributed by atoms with Crippen LogP contribution in [0.2, 0.25) is 0 Å². The van der Waals surface area contributed by atoms with Gasteiger partial charge < -0.3 is 14.9 Å².